The summed E-state index contributed by atoms with van der Waals surface area (Å²) >= 11 is 0. The van der Waals surface area contributed by atoms with E-state index in [-0.39, 0.29) is 11.9 Å². The van der Waals surface area contributed by atoms with Gasteiger partial charge in [-0.15, -0.1) is 0 Å². The molecule has 0 aliphatic heterocycles. The highest BCUT2D eigenvalue weighted by atomic mass is 16.5. The van der Waals surface area contributed by atoms with Gasteiger partial charge in [-0.1, -0.05) is 50.6 Å². The van der Waals surface area contributed by atoms with Gasteiger partial charge in [0.1, 0.15) is 0 Å². The van der Waals surface area contributed by atoms with E-state index in [9.17, 15) is 4.79 Å². The fraction of sp³-hybridized carbons (Fsp3) is 0.500. The Labute approximate surface area is 97.6 Å². The van der Waals surface area contributed by atoms with Gasteiger partial charge in [0.05, 0.1) is 12.5 Å². The molecule has 1 aromatic rings. The van der Waals surface area contributed by atoms with E-state index in [4.69, 9.17) is 4.74 Å². The van der Waals surface area contributed by atoms with E-state index in [1.165, 1.54) is 5.56 Å². The Morgan fingerprint density at radius 3 is 2.62 bits per heavy atom. The zero-order valence-corrected chi connectivity index (χ0v) is 10.1. The summed E-state index contributed by atoms with van der Waals surface area (Å²) in [5.41, 5.74) is 1.21. The van der Waals surface area contributed by atoms with Gasteiger partial charge in [-0.2, -0.15) is 0 Å². The average molecular weight is 220 g/mol. The lowest BCUT2D eigenvalue weighted by molar-refractivity contribution is -0.148. The summed E-state index contributed by atoms with van der Waals surface area (Å²) in [4.78, 5) is 11.5. The molecular weight excluding hydrogens is 200 g/mol. The van der Waals surface area contributed by atoms with Gasteiger partial charge >= 0.3 is 5.97 Å². The van der Waals surface area contributed by atoms with Gasteiger partial charge in [-0.25, -0.2) is 0 Å². The van der Waals surface area contributed by atoms with Crippen LogP contribution in [0.4, 0.5) is 0 Å². The van der Waals surface area contributed by atoms with Crippen LogP contribution in [-0.4, -0.2) is 12.6 Å². The fourth-order valence-electron chi connectivity index (χ4n) is 1.61. The molecule has 1 rings (SSSR count). The zero-order valence-electron chi connectivity index (χ0n) is 10.1. The molecular formula is C14H20O2. The molecule has 88 valence electrons. The molecule has 0 radical (unpaired) electrons. The minimum Gasteiger partial charge on any atom is -0.465 e. The molecule has 2 nitrogen and oxygen atoms in total. The first-order chi connectivity index (χ1) is 7.74. The molecule has 0 bridgehead atoms. The van der Waals surface area contributed by atoms with Crippen LogP contribution in [0.2, 0.25) is 0 Å². The Kier molecular flexibility index (Phi) is 5.62. The maximum absolute atomic E-state index is 11.5. The third-order valence-corrected chi connectivity index (χ3v) is 2.60. The van der Waals surface area contributed by atoms with E-state index < -0.39 is 0 Å². The second-order valence-corrected chi connectivity index (χ2v) is 4.09. The molecule has 1 atom stereocenters. The predicted molar refractivity (Wildman–Crippen MR) is 65.2 cm³/mol. The Balaban J connectivity index is 2.23. The number of hydrogen-bond acceptors (Lipinski definition) is 2. The summed E-state index contributed by atoms with van der Waals surface area (Å²) < 4.78 is 5.22. The third kappa shape index (κ3) is 4.47. The maximum Gasteiger partial charge on any atom is 0.308 e. The standard InChI is InChI=1S/C14H20O2/c1-3-7-12(2)14(15)16-11-10-13-8-5-4-6-9-13/h4-6,8-9,12H,3,7,10-11H2,1-2H3. The third-order valence-electron chi connectivity index (χ3n) is 2.60. The molecule has 0 spiro atoms. The van der Waals surface area contributed by atoms with Gasteiger partial charge in [0.25, 0.3) is 0 Å². The summed E-state index contributed by atoms with van der Waals surface area (Å²) in [6, 6.07) is 10.1. The normalized spacial score (nSPS) is 12.1. The van der Waals surface area contributed by atoms with Gasteiger partial charge < -0.3 is 4.74 Å². The van der Waals surface area contributed by atoms with Crippen molar-refractivity contribution in [2.45, 2.75) is 33.1 Å². The van der Waals surface area contributed by atoms with Gasteiger partial charge in [-0.05, 0) is 12.0 Å². The van der Waals surface area contributed by atoms with Crippen molar-refractivity contribution in [1.82, 2.24) is 0 Å². The van der Waals surface area contributed by atoms with E-state index in [2.05, 4.69) is 6.92 Å². The second-order valence-electron chi connectivity index (χ2n) is 4.09. The predicted octanol–water partition coefficient (Wildman–Crippen LogP) is 3.21. The zero-order chi connectivity index (χ0) is 11.8. The van der Waals surface area contributed by atoms with Crippen LogP contribution in [0, 0.1) is 5.92 Å². The lowest BCUT2D eigenvalue weighted by Gasteiger charge is -2.10. The number of carbonyl (C=O) groups is 1. The number of rotatable bonds is 6. The molecule has 0 aromatic heterocycles. The first-order valence-electron chi connectivity index (χ1n) is 5.94. The molecule has 0 aliphatic rings. The minimum atomic E-state index is -0.0715. The van der Waals surface area contributed by atoms with Crippen molar-refractivity contribution in [3.8, 4) is 0 Å². The molecule has 16 heavy (non-hydrogen) atoms. The highest BCUT2D eigenvalue weighted by molar-refractivity contribution is 5.71. The number of ether oxygens (including phenoxy) is 1. The summed E-state index contributed by atoms with van der Waals surface area (Å²) in [5, 5.41) is 0. The average Bonchev–Trinajstić information content (AvgIpc) is 2.30. The Bertz CT molecular complexity index is 306. The number of hydrogen-bond donors (Lipinski definition) is 0. The largest absolute Gasteiger partial charge is 0.465 e. The quantitative estimate of drug-likeness (QED) is 0.688. The van der Waals surface area contributed by atoms with Crippen LogP contribution in [0.25, 0.3) is 0 Å². The van der Waals surface area contributed by atoms with Crippen LogP contribution < -0.4 is 0 Å². The van der Waals surface area contributed by atoms with Crippen molar-refractivity contribution >= 4 is 5.97 Å². The topological polar surface area (TPSA) is 26.3 Å². The Morgan fingerprint density at radius 1 is 1.31 bits per heavy atom. The summed E-state index contributed by atoms with van der Waals surface area (Å²) in [6.45, 7) is 4.49. The van der Waals surface area contributed by atoms with E-state index >= 15 is 0 Å². The molecule has 0 saturated carbocycles. The maximum atomic E-state index is 11.5. The van der Waals surface area contributed by atoms with Crippen molar-refractivity contribution in [2.75, 3.05) is 6.61 Å². The van der Waals surface area contributed by atoms with Crippen LogP contribution in [0.5, 0.6) is 0 Å². The highest BCUT2D eigenvalue weighted by Gasteiger charge is 2.12. The lowest BCUT2D eigenvalue weighted by Crippen LogP contribution is -2.16. The Hall–Kier alpha value is -1.31. The molecule has 0 heterocycles. The first kappa shape index (κ1) is 12.8. The van der Waals surface area contributed by atoms with E-state index in [1.54, 1.807) is 0 Å². The summed E-state index contributed by atoms with van der Waals surface area (Å²) in [6.07, 6.45) is 2.73. The van der Waals surface area contributed by atoms with Gasteiger partial charge in [-0.3, -0.25) is 4.79 Å². The molecule has 1 aromatic carbocycles. The lowest BCUT2D eigenvalue weighted by atomic mass is 10.1. The number of benzene rings is 1. The summed E-state index contributed by atoms with van der Waals surface area (Å²) in [5.74, 6) is -0.0430. The minimum absolute atomic E-state index is 0.0285. The monoisotopic (exact) mass is 220 g/mol. The van der Waals surface area contributed by atoms with E-state index in [0.717, 1.165) is 19.3 Å². The smallest absolute Gasteiger partial charge is 0.308 e. The second kappa shape index (κ2) is 7.04. The Morgan fingerprint density at radius 2 is 2.00 bits per heavy atom. The number of esters is 1. The highest BCUT2D eigenvalue weighted by Crippen LogP contribution is 2.07. The van der Waals surface area contributed by atoms with Crippen molar-refractivity contribution < 1.29 is 9.53 Å². The molecule has 0 saturated heterocycles. The van der Waals surface area contributed by atoms with Crippen LogP contribution in [-0.2, 0) is 16.0 Å². The van der Waals surface area contributed by atoms with Gasteiger partial charge in [0.15, 0.2) is 0 Å². The fourth-order valence-corrected chi connectivity index (χ4v) is 1.61. The van der Waals surface area contributed by atoms with E-state index in [1.807, 2.05) is 37.3 Å². The molecule has 2 heteroatoms. The summed E-state index contributed by atoms with van der Waals surface area (Å²) in [7, 11) is 0. The van der Waals surface area contributed by atoms with Gasteiger partial charge in [0.2, 0.25) is 0 Å². The SMILES string of the molecule is CCCC(C)C(=O)OCCc1ccccc1. The molecule has 1 unspecified atom stereocenters. The molecule has 0 aliphatic carbocycles. The van der Waals surface area contributed by atoms with Crippen molar-refractivity contribution in [2.24, 2.45) is 5.92 Å². The number of carbonyl (C=O) groups excluding carboxylic acids is 1. The van der Waals surface area contributed by atoms with Crippen molar-refractivity contribution in [3.05, 3.63) is 35.9 Å². The molecule has 0 amide bonds. The van der Waals surface area contributed by atoms with Crippen LogP contribution in [0.3, 0.4) is 0 Å². The first-order valence-corrected chi connectivity index (χ1v) is 5.94. The van der Waals surface area contributed by atoms with Crippen LogP contribution >= 0.6 is 0 Å². The van der Waals surface area contributed by atoms with Crippen LogP contribution in [0.1, 0.15) is 32.3 Å². The van der Waals surface area contributed by atoms with Crippen molar-refractivity contribution in [3.63, 3.8) is 0 Å². The van der Waals surface area contributed by atoms with E-state index in [0.29, 0.717) is 6.61 Å². The van der Waals surface area contributed by atoms with Crippen molar-refractivity contribution in [1.29, 1.82) is 0 Å². The molecule has 0 fully saturated rings. The van der Waals surface area contributed by atoms with Gasteiger partial charge in [0, 0.05) is 6.42 Å². The molecule has 0 N–H and O–H groups in total. The van der Waals surface area contributed by atoms with Crippen LogP contribution in [0.15, 0.2) is 30.3 Å².